The highest BCUT2D eigenvalue weighted by atomic mass is 35.5. The second-order valence-electron chi connectivity index (χ2n) is 5.67. The van der Waals surface area contributed by atoms with Crippen LogP contribution in [0.15, 0.2) is 42.5 Å². The van der Waals surface area contributed by atoms with Crippen molar-refractivity contribution >= 4 is 29.2 Å². The van der Waals surface area contributed by atoms with Crippen molar-refractivity contribution in [1.82, 2.24) is 5.48 Å². The first-order valence-electron chi connectivity index (χ1n) is 7.55. The quantitative estimate of drug-likeness (QED) is 0.768. The Hall–Kier alpha value is -2.57. The van der Waals surface area contributed by atoms with Crippen LogP contribution in [0.3, 0.4) is 0 Å². The van der Waals surface area contributed by atoms with Crippen molar-refractivity contribution in [2.24, 2.45) is 0 Å². The molecule has 1 unspecified atom stereocenters. The molecule has 0 radical (unpaired) electrons. The number of hydrogen-bond acceptors (Lipinski definition) is 4. The molecule has 7 heteroatoms. The molecule has 2 aromatic rings. The molecule has 1 atom stereocenters. The summed E-state index contributed by atoms with van der Waals surface area (Å²) in [6.45, 7) is 1.75. The van der Waals surface area contributed by atoms with Gasteiger partial charge in [-0.15, -0.1) is 0 Å². The number of amides is 1. The summed E-state index contributed by atoms with van der Waals surface area (Å²) in [6, 6.07) is 11.3. The molecular formula is C18H19ClN2O4. The molecule has 1 amide bonds. The van der Waals surface area contributed by atoms with Crippen molar-refractivity contribution < 1.29 is 19.5 Å². The Morgan fingerprint density at radius 1 is 1.16 bits per heavy atom. The van der Waals surface area contributed by atoms with E-state index in [-0.39, 0.29) is 5.56 Å². The lowest BCUT2D eigenvalue weighted by molar-refractivity contribution is -0.00887. The zero-order chi connectivity index (χ0) is 18.6. The standard InChI is InChI=1S/C18H19ClN2O4/c1-11(12-4-6-13(7-5-12)18(23)24)25-20-17(22)15-10-14(19)8-9-16(15)21(2)3/h4-11H,1-3H3,(H,20,22)(H,23,24). The molecule has 0 heterocycles. The van der Waals surface area contributed by atoms with Gasteiger partial charge in [0.25, 0.3) is 5.91 Å². The largest absolute Gasteiger partial charge is 0.478 e. The lowest BCUT2D eigenvalue weighted by atomic mass is 10.1. The van der Waals surface area contributed by atoms with E-state index in [0.717, 1.165) is 5.56 Å². The van der Waals surface area contributed by atoms with E-state index in [9.17, 15) is 9.59 Å². The number of nitrogens with one attached hydrogen (secondary N) is 1. The van der Waals surface area contributed by atoms with E-state index in [1.165, 1.54) is 12.1 Å². The molecule has 0 aromatic heterocycles. The molecule has 2 aromatic carbocycles. The number of anilines is 1. The average molecular weight is 363 g/mol. The maximum atomic E-state index is 12.4. The van der Waals surface area contributed by atoms with E-state index < -0.39 is 18.0 Å². The normalized spacial score (nSPS) is 11.7. The minimum Gasteiger partial charge on any atom is -0.478 e. The Morgan fingerprint density at radius 2 is 1.80 bits per heavy atom. The van der Waals surface area contributed by atoms with E-state index in [1.807, 2.05) is 14.1 Å². The van der Waals surface area contributed by atoms with Crippen molar-refractivity contribution in [1.29, 1.82) is 0 Å². The monoisotopic (exact) mass is 362 g/mol. The molecule has 2 N–H and O–H groups in total. The molecule has 0 aliphatic carbocycles. The minimum absolute atomic E-state index is 0.189. The third kappa shape index (κ3) is 4.71. The summed E-state index contributed by atoms with van der Waals surface area (Å²) in [5.74, 6) is -1.41. The van der Waals surface area contributed by atoms with Crippen LogP contribution in [-0.4, -0.2) is 31.1 Å². The van der Waals surface area contributed by atoms with Gasteiger partial charge < -0.3 is 10.0 Å². The number of carboxylic acids is 1. The van der Waals surface area contributed by atoms with E-state index >= 15 is 0 Å². The summed E-state index contributed by atoms with van der Waals surface area (Å²) < 4.78 is 0. The van der Waals surface area contributed by atoms with Crippen LogP contribution in [0.1, 0.15) is 39.3 Å². The van der Waals surface area contributed by atoms with E-state index in [4.69, 9.17) is 21.5 Å². The molecule has 6 nitrogen and oxygen atoms in total. The van der Waals surface area contributed by atoms with Gasteiger partial charge in [-0.1, -0.05) is 23.7 Å². The smallest absolute Gasteiger partial charge is 0.335 e. The minimum atomic E-state index is -0.995. The van der Waals surface area contributed by atoms with Crippen LogP contribution in [0.25, 0.3) is 0 Å². The summed E-state index contributed by atoms with van der Waals surface area (Å²) in [4.78, 5) is 30.5. The predicted molar refractivity (Wildman–Crippen MR) is 96.1 cm³/mol. The second kappa shape index (κ2) is 8.00. The Labute approximate surface area is 150 Å². The van der Waals surface area contributed by atoms with Crippen LogP contribution in [0.4, 0.5) is 5.69 Å². The molecule has 0 spiro atoms. The molecule has 25 heavy (non-hydrogen) atoms. The molecule has 2 rings (SSSR count). The molecule has 0 aliphatic rings. The Kier molecular flexibility index (Phi) is 6.01. The molecule has 0 saturated carbocycles. The molecule has 0 saturated heterocycles. The van der Waals surface area contributed by atoms with Gasteiger partial charge in [-0.25, -0.2) is 10.3 Å². The van der Waals surface area contributed by atoms with Gasteiger partial charge in [0.05, 0.1) is 11.1 Å². The fraction of sp³-hybridized carbons (Fsp3) is 0.222. The lowest BCUT2D eigenvalue weighted by Crippen LogP contribution is -2.27. The van der Waals surface area contributed by atoms with Gasteiger partial charge >= 0.3 is 5.97 Å². The summed E-state index contributed by atoms with van der Waals surface area (Å²) in [5.41, 5.74) is 4.45. The Bertz CT molecular complexity index is 775. The van der Waals surface area contributed by atoms with Crippen molar-refractivity contribution in [2.75, 3.05) is 19.0 Å². The number of aromatic carboxylic acids is 1. The highest BCUT2D eigenvalue weighted by molar-refractivity contribution is 6.31. The molecule has 132 valence electrons. The maximum Gasteiger partial charge on any atom is 0.335 e. The predicted octanol–water partition coefficient (Wildman–Crippen LogP) is 3.53. The molecule has 0 bridgehead atoms. The van der Waals surface area contributed by atoms with Gasteiger partial charge in [-0.2, -0.15) is 0 Å². The van der Waals surface area contributed by atoms with E-state index in [2.05, 4.69) is 5.48 Å². The number of carbonyl (C=O) groups is 2. The van der Waals surface area contributed by atoms with Gasteiger partial charge in [0.2, 0.25) is 0 Å². The maximum absolute atomic E-state index is 12.4. The fourth-order valence-electron chi connectivity index (χ4n) is 2.24. The number of carboxylic acid groups (broad SMARTS) is 1. The van der Waals surface area contributed by atoms with Crippen LogP contribution in [-0.2, 0) is 4.84 Å². The lowest BCUT2D eigenvalue weighted by Gasteiger charge is -2.18. The van der Waals surface area contributed by atoms with Crippen molar-refractivity contribution in [3.8, 4) is 0 Å². The van der Waals surface area contributed by atoms with Crippen LogP contribution < -0.4 is 10.4 Å². The average Bonchev–Trinajstić information content (AvgIpc) is 2.59. The van der Waals surface area contributed by atoms with Crippen molar-refractivity contribution in [2.45, 2.75) is 13.0 Å². The zero-order valence-corrected chi connectivity index (χ0v) is 14.9. The number of carbonyl (C=O) groups excluding carboxylic acids is 1. The topological polar surface area (TPSA) is 78.9 Å². The number of rotatable bonds is 6. The van der Waals surface area contributed by atoms with Crippen LogP contribution in [0, 0.1) is 0 Å². The van der Waals surface area contributed by atoms with Gasteiger partial charge in [-0.05, 0) is 42.8 Å². The third-order valence-electron chi connectivity index (χ3n) is 3.64. The fourth-order valence-corrected chi connectivity index (χ4v) is 2.41. The van der Waals surface area contributed by atoms with Gasteiger partial charge in [0.15, 0.2) is 0 Å². The van der Waals surface area contributed by atoms with Crippen LogP contribution in [0.5, 0.6) is 0 Å². The van der Waals surface area contributed by atoms with E-state index in [1.54, 1.807) is 42.2 Å². The Morgan fingerprint density at radius 3 is 2.36 bits per heavy atom. The number of hydrogen-bond donors (Lipinski definition) is 2. The van der Waals surface area contributed by atoms with Crippen molar-refractivity contribution in [3.05, 3.63) is 64.2 Å². The SMILES string of the molecule is CC(ONC(=O)c1cc(Cl)ccc1N(C)C)c1ccc(C(=O)O)cc1. The summed E-state index contributed by atoms with van der Waals surface area (Å²) >= 11 is 5.98. The van der Waals surface area contributed by atoms with Gasteiger partial charge in [0, 0.05) is 24.8 Å². The highest BCUT2D eigenvalue weighted by Crippen LogP contribution is 2.23. The highest BCUT2D eigenvalue weighted by Gasteiger charge is 2.16. The number of halogens is 1. The molecular weight excluding hydrogens is 344 g/mol. The first-order valence-corrected chi connectivity index (χ1v) is 7.93. The van der Waals surface area contributed by atoms with Crippen molar-refractivity contribution in [3.63, 3.8) is 0 Å². The Balaban J connectivity index is 2.06. The molecule has 0 aliphatic heterocycles. The number of hydroxylamine groups is 1. The van der Waals surface area contributed by atoms with Gasteiger partial charge in [-0.3, -0.25) is 9.63 Å². The first-order chi connectivity index (χ1) is 11.8. The number of benzene rings is 2. The van der Waals surface area contributed by atoms with Crippen LogP contribution >= 0.6 is 11.6 Å². The van der Waals surface area contributed by atoms with Gasteiger partial charge in [0.1, 0.15) is 6.10 Å². The second-order valence-corrected chi connectivity index (χ2v) is 6.11. The molecule has 0 fully saturated rings. The third-order valence-corrected chi connectivity index (χ3v) is 3.88. The van der Waals surface area contributed by atoms with Crippen LogP contribution in [0.2, 0.25) is 5.02 Å². The number of nitrogens with zero attached hydrogens (tertiary/aromatic N) is 1. The zero-order valence-electron chi connectivity index (χ0n) is 14.1. The van der Waals surface area contributed by atoms with E-state index in [0.29, 0.717) is 16.3 Å². The summed E-state index contributed by atoms with van der Waals surface area (Å²) in [5, 5.41) is 9.36. The first kappa shape index (κ1) is 18.8. The summed E-state index contributed by atoms with van der Waals surface area (Å²) in [6.07, 6.45) is -0.450. The summed E-state index contributed by atoms with van der Waals surface area (Å²) in [7, 11) is 3.65.